The van der Waals surface area contributed by atoms with Crippen LogP contribution in [0.3, 0.4) is 0 Å². The Bertz CT molecular complexity index is 731. The van der Waals surface area contributed by atoms with E-state index in [4.69, 9.17) is 0 Å². The van der Waals surface area contributed by atoms with Crippen LogP contribution in [0.1, 0.15) is 20.8 Å². The lowest BCUT2D eigenvalue weighted by Crippen LogP contribution is -2.04. The van der Waals surface area contributed by atoms with Gasteiger partial charge in [-0.3, -0.25) is 10.1 Å². The summed E-state index contributed by atoms with van der Waals surface area (Å²) in [5.74, 6) is 1.91. The SMILES string of the molecule is C=C/C(C(=C)/C(=C\P)C1=C([N+](=O)[O-])C=CC(C)C=C1)=C(C)\C=C/C. The van der Waals surface area contributed by atoms with E-state index in [0.29, 0.717) is 16.7 Å². The number of nitro groups is 1. The van der Waals surface area contributed by atoms with Crippen molar-refractivity contribution in [2.45, 2.75) is 20.8 Å². The maximum atomic E-state index is 11.5. The molecule has 0 aromatic carbocycles. The first-order valence-corrected chi connectivity index (χ1v) is 8.37. The maximum Gasteiger partial charge on any atom is 0.276 e. The minimum Gasteiger partial charge on any atom is -0.258 e. The Morgan fingerprint density at radius 1 is 1.38 bits per heavy atom. The van der Waals surface area contributed by atoms with Crippen molar-refractivity contribution < 1.29 is 4.92 Å². The number of rotatable bonds is 6. The fourth-order valence-electron chi connectivity index (χ4n) is 2.48. The summed E-state index contributed by atoms with van der Waals surface area (Å²) in [5.41, 5.74) is 3.90. The van der Waals surface area contributed by atoms with Crippen molar-refractivity contribution in [3.05, 3.63) is 105 Å². The average Bonchev–Trinajstić information content (AvgIpc) is 2.71. The molecule has 1 aliphatic rings. The van der Waals surface area contributed by atoms with Gasteiger partial charge in [-0.1, -0.05) is 62.4 Å². The molecule has 0 saturated carbocycles. The Morgan fingerprint density at radius 3 is 2.50 bits per heavy atom. The summed E-state index contributed by atoms with van der Waals surface area (Å²) in [5, 5.41) is 11.5. The van der Waals surface area contributed by atoms with Gasteiger partial charge in [-0.25, -0.2) is 0 Å². The van der Waals surface area contributed by atoms with Gasteiger partial charge in [0.2, 0.25) is 0 Å². The third kappa shape index (κ3) is 4.62. The molecule has 0 aromatic heterocycles. The highest BCUT2D eigenvalue weighted by molar-refractivity contribution is 7.20. The predicted molar refractivity (Wildman–Crippen MR) is 106 cm³/mol. The van der Waals surface area contributed by atoms with Crippen LogP contribution in [0.5, 0.6) is 0 Å². The predicted octanol–water partition coefficient (Wildman–Crippen LogP) is 5.67. The first-order chi connectivity index (χ1) is 11.4. The van der Waals surface area contributed by atoms with Gasteiger partial charge in [0.05, 0.1) is 10.5 Å². The Labute approximate surface area is 146 Å². The van der Waals surface area contributed by atoms with E-state index in [-0.39, 0.29) is 16.5 Å². The zero-order valence-electron chi connectivity index (χ0n) is 14.5. The molecular formula is C20H24NO2P. The lowest BCUT2D eigenvalue weighted by molar-refractivity contribution is -0.419. The second kappa shape index (κ2) is 9.14. The third-order valence-corrected chi connectivity index (χ3v) is 4.08. The Kier molecular flexibility index (Phi) is 7.54. The lowest BCUT2D eigenvalue weighted by atomic mass is 9.90. The highest BCUT2D eigenvalue weighted by Gasteiger charge is 2.21. The minimum absolute atomic E-state index is 0.0672. The van der Waals surface area contributed by atoms with E-state index < -0.39 is 0 Å². The Balaban J connectivity index is 3.54. The highest BCUT2D eigenvalue weighted by Crippen LogP contribution is 2.33. The lowest BCUT2D eigenvalue weighted by Gasteiger charge is -2.14. The molecule has 0 fully saturated rings. The van der Waals surface area contributed by atoms with Crippen LogP contribution in [0.4, 0.5) is 0 Å². The third-order valence-electron chi connectivity index (χ3n) is 3.75. The molecule has 0 N–H and O–H groups in total. The van der Waals surface area contributed by atoms with Crippen LogP contribution in [0.25, 0.3) is 0 Å². The van der Waals surface area contributed by atoms with E-state index in [1.54, 1.807) is 24.0 Å². The van der Waals surface area contributed by atoms with Crippen molar-refractivity contribution in [3.8, 4) is 0 Å². The summed E-state index contributed by atoms with van der Waals surface area (Å²) in [6.45, 7) is 13.9. The molecule has 0 aliphatic heterocycles. The monoisotopic (exact) mass is 341 g/mol. The molecule has 1 rings (SSSR count). The summed E-state index contributed by atoms with van der Waals surface area (Å²) in [7, 11) is 2.52. The summed E-state index contributed by atoms with van der Waals surface area (Å²) < 4.78 is 0. The van der Waals surface area contributed by atoms with Crippen molar-refractivity contribution in [2.75, 3.05) is 0 Å². The second-order valence-electron chi connectivity index (χ2n) is 5.49. The molecule has 2 atom stereocenters. The Morgan fingerprint density at radius 2 is 2.00 bits per heavy atom. The zero-order valence-corrected chi connectivity index (χ0v) is 15.6. The van der Waals surface area contributed by atoms with E-state index in [1.807, 2.05) is 45.1 Å². The van der Waals surface area contributed by atoms with Gasteiger partial charge in [-0.2, -0.15) is 0 Å². The van der Waals surface area contributed by atoms with E-state index in [0.717, 1.165) is 11.1 Å². The van der Waals surface area contributed by atoms with Crippen LogP contribution in [0.15, 0.2) is 95.1 Å². The Hall–Kier alpha value is -2.25. The van der Waals surface area contributed by atoms with Crippen LogP contribution >= 0.6 is 9.24 Å². The van der Waals surface area contributed by atoms with Gasteiger partial charge < -0.3 is 0 Å². The molecular weight excluding hydrogens is 317 g/mol. The molecule has 3 nitrogen and oxygen atoms in total. The topological polar surface area (TPSA) is 43.1 Å². The second-order valence-corrected chi connectivity index (χ2v) is 5.83. The fourth-order valence-corrected chi connectivity index (χ4v) is 2.86. The molecule has 2 unspecified atom stereocenters. The molecule has 0 radical (unpaired) electrons. The number of hydrogen-bond donors (Lipinski definition) is 0. The van der Waals surface area contributed by atoms with Crippen molar-refractivity contribution in [1.82, 2.24) is 0 Å². The minimum atomic E-state index is -0.355. The zero-order chi connectivity index (χ0) is 18.3. The first-order valence-electron chi connectivity index (χ1n) is 7.70. The molecule has 0 saturated heterocycles. The summed E-state index contributed by atoms with van der Waals surface area (Å²) in [4.78, 5) is 11.1. The van der Waals surface area contributed by atoms with Crippen LogP contribution in [-0.4, -0.2) is 4.92 Å². The van der Waals surface area contributed by atoms with Crippen molar-refractivity contribution in [3.63, 3.8) is 0 Å². The summed E-state index contributed by atoms with van der Waals surface area (Å²) in [6.07, 6.45) is 12.8. The van der Waals surface area contributed by atoms with Gasteiger partial charge in [0, 0.05) is 6.08 Å². The molecule has 24 heavy (non-hydrogen) atoms. The molecule has 0 amide bonds. The number of hydrogen-bond acceptors (Lipinski definition) is 2. The smallest absolute Gasteiger partial charge is 0.258 e. The van der Waals surface area contributed by atoms with Gasteiger partial charge in [0.15, 0.2) is 0 Å². The molecule has 0 bridgehead atoms. The van der Waals surface area contributed by atoms with Crippen molar-refractivity contribution >= 4 is 9.24 Å². The van der Waals surface area contributed by atoms with Gasteiger partial charge in [-0.15, -0.1) is 9.24 Å². The highest BCUT2D eigenvalue weighted by atomic mass is 31.0. The summed E-state index contributed by atoms with van der Waals surface area (Å²) in [6, 6.07) is 0. The van der Waals surface area contributed by atoms with Gasteiger partial charge in [-0.05, 0) is 42.1 Å². The van der Waals surface area contributed by atoms with E-state index >= 15 is 0 Å². The number of nitrogens with zero attached hydrogens (tertiary/aromatic N) is 1. The van der Waals surface area contributed by atoms with E-state index in [2.05, 4.69) is 22.4 Å². The van der Waals surface area contributed by atoms with Gasteiger partial charge in [0.1, 0.15) is 0 Å². The maximum absolute atomic E-state index is 11.5. The van der Waals surface area contributed by atoms with Crippen LogP contribution in [0, 0.1) is 16.0 Å². The van der Waals surface area contributed by atoms with Crippen molar-refractivity contribution in [1.29, 1.82) is 0 Å². The largest absolute Gasteiger partial charge is 0.276 e. The van der Waals surface area contributed by atoms with E-state index in [1.165, 1.54) is 0 Å². The van der Waals surface area contributed by atoms with Crippen LogP contribution in [0.2, 0.25) is 0 Å². The number of allylic oxidation sites excluding steroid dienone is 12. The quantitative estimate of drug-likeness (QED) is 0.270. The average molecular weight is 341 g/mol. The first kappa shape index (κ1) is 19.8. The molecule has 126 valence electrons. The molecule has 1 aliphatic carbocycles. The fraction of sp³-hybridized carbons (Fsp3) is 0.200. The molecule has 0 aromatic rings. The normalized spacial score (nSPS) is 19.3. The van der Waals surface area contributed by atoms with Gasteiger partial charge >= 0.3 is 0 Å². The molecule has 4 heteroatoms. The van der Waals surface area contributed by atoms with Crippen LogP contribution in [-0.2, 0) is 0 Å². The molecule has 0 heterocycles. The standard InChI is InChI=1S/C20H24NO2P/c1-6-8-15(4)17(7-2)16(5)19(13-24)18-11-9-14(3)10-12-20(18)21(22)23/h6-14H,2,5,24H2,1,3-4H3/b8-6-,17-15+,19-13+. The van der Waals surface area contributed by atoms with E-state index in [9.17, 15) is 10.1 Å². The van der Waals surface area contributed by atoms with Gasteiger partial charge in [0.25, 0.3) is 5.70 Å². The van der Waals surface area contributed by atoms with Crippen LogP contribution < -0.4 is 0 Å². The molecule has 0 spiro atoms. The van der Waals surface area contributed by atoms with Crippen molar-refractivity contribution in [2.24, 2.45) is 5.92 Å². The summed E-state index contributed by atoms with van der Waals surface area (Å²) >= 11 is 0.